The summed E-state index contributed by atoms with van der Waals surface area (Å²) in [5.41, 5.74) is 0.362. The molecule has 0 aromatic heterocycles. The van der Waals surface area contributed by atoms with E-state index >= 15 is 0 Å². The highest BCUT2D eigenvalue weighted by Crippen LogP contribution is 2.41. The van der Waals surface area contributed by atoms with Crippen molar-refractivity contribution in [2.75, 3.05) is 13.7 Å². The minimum Gasteiger partial charge on any atom is -0.541 e. The molecule has 0 bridgehead atoms. The lowest BCUT2D eigenvalue weighted by atomic mass is 10.2. The quantitative estimate of drug-likeness (QED) is 0.442. The molecule has 1 rings (SSSR count). The Morgan fingerprint density at radius 1 is 1.32 bits per heavy atom. The second-order valence-electron chi connectivity index (χ2n) is 6.59. The van der Waals surface area contributed by atoms with E-state index in [0.717, 1.165) is 0 Å². The van der Waals surface area contributed by atoms with Crippen molar-refractivity contribution in [1.29, 1.82) is 0 Å². The van der Waals surface area contributed by atoms with Crippen LogP contribution < -0.4 is 9.16 Å². The zero-order valence-corrected chi connectivity index (χ0v) is 15.4. The first kappa shape index (κ1) is 18.3. The molecule has 0 N–H and O–H groups in total. The molecule has 0 aliphatic rings. The Hall–Kier alpha value is -1.75. The zero-order valence-electron chi connectivity index (χ0n) is 14.4. The summed E-state index contributed by atoms with van der Waals surface area (Å²) in [4.78, 5) is 11.9. The Labute approximate surface area is 134 Å². The van der Waals surface area contributed by atoms with Crippen LogP contribution in [0.2, 0.25) is 18.1 Å². The fourth-order valence-corrected chi connectivity index (χ4v) is 2.60. The fraction of sp³-hybridized carbons (Fsp3) is 0.471. The number of rotatable bonds is 6. The van der Waals surface area contributed by atoms with Gasteiger partial charge in [-0.15, -0.1) is 0 Å². The molecule has 4 nitrogen and oxygen atoms in total. The van der Waals surface area contributed by atoms with Crippen LogP contribution in [0.1, 0.15) is 31.1 Å². The molecule has 1 aromatic rings. The standard InChI is InChI=1S/C17H26O4Si/c1-8-12-20-15-13(16(18)19-5)10-9-11-14(15)21-22(6,7)17(2,3)4/h8-11H,1,12H2,2-7H3. The number of benzene rings is 1. The maximum absolute atomic E-state index is 11.9. The van der Waals surface area contributed by atoms with E-state index < -0.39 is 14.3 Å². The molecule has 0 aliphatic heterocycles. The summed E-state index contributed by atoms with van der Waals surface area (Å²) in [6, 6.07) is 5.27. The molecule has 5 heteroatoms. The van der Waals surface area contributed by atoms with Gasteiger partial charge in [0.2, 0.25) is 0 Å². The third kappa shape index (κ3) is 4.13. The van der Waals surface area contributed by atoms with Crippen molar-refractivity contribution in [2.24, 2.45) is 0 Å². The van der Waals surface area contributed by atoms with E-state index in [4.69, 9.17) is 13.9 Å². The minimum atomic E-state index is -2.04. The number of ether oxygens (including phenoxy) is 2. The Morgan fingerprint density at radius 3 is 2.45 bits per heavy atom. The van der Waals surface area contributed by atoms with Gasteiger partial charge in [0.1, 0.15) is 17.9 Å². The van der Waals surface area contributed by atoms with Crippen LogP contribution in [0.25, 0.3) is 0 Å². The van der Waals surface area contributed by atoms with Gasteiger partial charge in [-0.3, -0.25) is 0 Å². The zero-order chi connectivity index (χ0) is 17.0. The maximum Gasteiger partial charge on any atom is 0.341 e. The van der Waals surface area contributed by atoms with Gasteiger partial charge in [-0.1, -0.05) is 39.5 Å². The average Bonchev–Trinajstić information content (AvgIpc) is 2.43. The molecule has 1 aromatic carbocycles. The average molecular weight is 322 g/mol. The van der Waals surface area contributed by atoms with Gasteiger partial charge in [0.05, 0.1) is 7.11 Å². The first-order chi connectivity index (χ1) is 10.1. The van der Waals surface area contributed by atoms with Crippen LogP contribution in [0.4, 0.5) is 0 Å². The van der Waals surface area contributed by atoms with Crippen molar-refractivity contribution >= 4 is 14.3 Å². The second-order valence-corrected chi connectivity index (χ2v) is 11.3. The first-order valence-corrected chi connectivity index (χ1v) is 10.2. The molecule has 0 saturated carbocycles. The van der Waals surface area contributed by atoms with Gasteiger partial charge in [-0.2, -0.15) is 0 Å². The molecule has 0 unspecified atom stereocenters. The van der Waals surface area contributed by atoms with Crippen molar-refractivity contribution in [1.82, 2.24) is 0 Å². The van der Waals surface area contributed by atoms with E-state index in [1.54, 1.807) is 18.2 Å². The highest BCUT2D eigenvalue weighted by molar-refractivity contribution is 6.74. The normalized spacial score (nSPS) is 11.7. The van der Waals surface area contributed by atoms with Crippen molar-refractivity contribution in [3.8, 4) is 11.5 Å². The van der Waals surface area contributed by atoms with E-state index in [1.165, 1.54) is 7.11 Å². The summed E-state index contributed by atoms with van der Waals surface area (Å²) in [5, 5.41) is 0.0456. The Balaban J connectivity index is 3.29. The molecule has 0 heterocycles. The molecule has 0 spiro atoms. The smallest absolute Gasteiger partial charge is 0.341 e. The summed E-state index contributed by atoms with van der Waals surface area (Å²) in [5.74, 6) is 0.551. The minimum absolute atomic E-state index is 0.0456. The molecule has 0 radical (unpaired) electrons. The van der Waals surface area contributed by atoms with Crippen LogP contribution in [0.5, 0.6) is 11.5 Å². The lowest BCUT2D eigenvalue weighted by Gasteiger charge is -2.37. The van der Waals surface area contributed by atoms with E-state index in [9.17, 15) is 4.79 Å². The summed E-state index contributed by atoms with van der Waals surface area (Å²) in [6.07, 6.45) is 1.63. The number of para-hydroxylation sites is 1. The molecular weight excluding hydrogens is 296 g/mol. The number of esters is 1. The molecule has 0 atom stereocenters. The monoisotopic (exact) mass is 322 g/mol. The van der Waals surface area contributed by atoms with Crippen LogP contribution in [-0.4, -0.2) is 28.0 Å². The van der Waals surface area contributed by atoms with E-state index in [1.807, 2.05) is 6.07 Å². The van der Waals surface area contributed by atoms with Gasteiger partial charge < -0.3 is 13.9 Å². The van der Waals surface area contributed by atoms with Crippen LogP contribution in [0, 0.1) is 0 Å². The Morgan fingerprint density at radius 2 is 1.95 bits per heavy atom. The third-order valence-corrected chi connectivity index (χ3v) is 8.24. The predicted molar refractivity (Wildman–Crippen MR) is 91.3 cm³/mol. The lowest BCUT2D eigenvalue weighted by Crippen LogP contribution is -2.44. The van der Waals surface area contributed by atoms with Gasteiger partial charge in [0.15, 0.2) is 5.75 Å². The molecule has 0 aliphatic carbocycles. The molecule has 122 valence electrons. The molecular formula is C17H26O4Si. The van der Waals surface area contributed by atoms with Crippen molar-refractivity contribution in [3.63, 3.8) is 0 Å². The first-order valence-electron chi connectivity index (χ1n) is 7.28. The number of carbonyl (C=O) groups is 1. The van der Waals surface area contributed by atoms with Crippen LogP contribution >= 0.6 is 0 Å². The number of hydrogen-bond acceptors (Lipinski definition) is 4. The van der Waals surface area contributed by atoms with Crippen LogP contribution in [0.3, 0.4) is 0 Å². The molecule has 0 fully saturated rings. The molecule has 0 amide bonds. The van der Waals surface area contributed by atoms with Crippen molar-refractivity contribution in [3.05, 3.63) is 36.4 Å². The van der Waals surface area contributed by atoms with Gasteiger partial charge in [0, 0.05) is 0 Å². The van der Waals surface area contributed by atoms with E-state index in [-0.39, 0.29) is 5.04 Å². The highest BCUT2D eigenvalue weighted by atomic mass is 28.4. The number of carbonyl (C=O) groups excluding carboxylic acids is 1. The highest BCUT2D eigenvalue weighted by Gasteiger charge is 2.39. The summed E-state index contributed by atoms with van der Waals surface area (Å²) in [6.45, 7) is 14.7. The number of hydrogen-bond donors (Lipinski definition) is 0. The van der Waals surface area contributed by atoms with Gasteiger partial charge >= 0.3 is 5.97 Å². The fourth-order valence-electron chi connectivity index (χ4n) is 1.59. The van der Waals surface area contributed by atoms with E-state index in [2.05, 4.69) is 40.4 Å². The summed E-state index contributed by atoms with van der Waals surface area (Å²) in [7, 11) is -0.694. The summed E-state index contributed by atoms with van der Waals surface area (Å²) >= 11 is 0. The third-order valence-electron chi connectivity index (χ3n) is 3.90. The van der Waals surface area contributed by atoms with Crippen LogP contribution in [-0.2, 0) is 4.74 Å². The molecule has 22 heavy (non-hydrogen) atoms. The Bertz CT molecular complexity index is 544. The van der Waals surface area contributed by atoms with Gasteiger partial charge in [-0.25, -0.2) is 4.79 Å². The molecule has 0 saturated heterocycles. The van der Waals surface area contributed by atoms with E-state index in [0.29, 0.717) is 23.7 Å². The van der Waals surface area contributed by atoms with Crippen molar-refractivity contribution in [2.45, 2.75) is 38.9 Å². The van der Waals surface area contributed by atoms with Crippen LogP contribution in [0.15, 0.2) is 30.9 Å². The SMILES string of the molecule is C=CCOc1c(O[Si](C)(C)C(C)(C)C)cccc1C(=O)OC. The predicted octanol–water partition coefficient (Wildman–Crippen LogP) is 4.42. The van der Waals surface area contributed by atoms with Crippen molar-refractivity contribution < 1.29 is 18.7 Å². The van der Waals surface area contributed by atoms with Gasteiger partial charge in [0.25, 0.3) is 8.32 Å². The summed E-state index contributed by atoms with van der Waals surface area (Å²) < 4.78 is 16.8. The largest absolute Gasteiger partial charge is 0.541 e. The topological polar surface area (TPSA) is 44.8 Å². The lowest BCUT2D eigenvalue weighted by molar-refractivity contribution is 0.0596. The maximum atomic E-state index is 11.9. The Kier molecular flexibility index (Phi) is 5.83. The number of methoxy groups -OCH3 is 1. The second kappa shape index (κ2) is 7.00. The van der Waals surface area contributed by atoms with Gasteiger partial charge in [-0.05, 0) is 30.3 Å².